The Bertz CT molecular complexity index is 1910. The minimum Gasteiger partial charge on any atom is -0.445 e. The van der Waals surface area contributed by atoms with Crippen molar-refractivity contribution in [2.24, 2.45) is 0 Å². The van der Waals surface area contributed by atoms with Crippen LogP contribution in [0.15, 0.2) is 158 Å². The van der Waals surface area contributed by atoms with Crippen LogP contribution in [0.1, 0.15) is 0 Å². The van der Waals surface area contributed by atoms with E-state index in [1.165, 1.54) is 21.8 Å². The first-order valence-electron chi connectivity index (χ1n) is 14.6. The summed E-state index contributed by atoms with van der Waals surface area (Å²) >= 11 is 0. The van der Waals surface area contributed by atoms with E-state index in [1.54, 1.807) is 0 Å². The molecule has 1 fully saturated rings. The fourth-order valence-electron chi connectivity index (χ4n) is 5.96. The molecule has 1 aromatic heterocycles. The second kappa shape index (κ2) is 11.1. The quantitative estimate of drug-likeness (QED) is 0.246. The SMILES string of the molecule is c1ccc(B2OB(c3ccccc3)OB(c3ccc(-c4ccc(-n5c6ccccc6c6ccccc65)cc4)cc3)O2)cc1. The van der Waals surface area contributed by atoms with E-state index < -0.39 is 21.4 Å². The van der Waals surface area contributed by atoms with Crippen molar-refractivity contribution in [3.8, 4) is 16.8 Å². The van der Waals surface area contributed by atoms with Gasteiger partial charge in [-0.2, -0.15) is 0 Å². The predicted molar refractivity (Wildman–Crippen MR) is 179 cm³/mol. The molecule has 6 aromatic carbocycles. The molecule has 1 saturated heterocycles. The van der Waals surface area contributed by atoms with Crippen molar-refractivity contribution in [1.82, 2.24) is 4.57 Å². The Morgan fingerprint density at radius 3 is 1.19 bits per heavy atom. The number of hydrogen-bond donors (Lipinski definition) is 0. The lowest BCUT2D eigenvalue weighted by Gasteiger charge is -2.31. The number of fused-ring (bicyclic) bond motifs is 3. The number of nitrogens with zero attached hydrogens (tertiary/aromatic N) is 1. The van der Waals surface area contributed by atoms with E-state index in [1.807, 2.05) is 60.7 Å². The van der Waals surface area contributed by atoms with Crippen molar-refractivity contribution < 1.29 is 13.7 Å². The first-order valence-corrected chi connectivity index (χ1v) is 14.6. The highest BCUT2D eigenvalue weighted by Crippen LogP contribution is 2.32. The Labute approximate surface area is 251 Å². The molecular weight excluding hydrogens is 527 g/mol. The van der Waals surface area contributed by atoms with E-state index in [0.29, 0.717) is 0 Å². The van der Waals surface area contributed by atoms with E-state index in [0.717, 1.165) is 33.2 Å². The second-order valence-electron chi connectivity index (χ2n) is 10.8. The van der Waals surface area contributed by atoms with Crippen molar-refractivity contribution in [3.63, 3.8) is 0 Å². The molecule has 0 N–H and O–H groups in total. The van der Waals surface area contributed by atoms with Crippen molar-refractivity contribution in [1.29, 1.82) is 0 Å². The Morgan fingerprint density at radius 2 is 0.721 bits per heavy atom. The number of hydrogen-bond acceptors (Lipinski definition) is 3. The molecule has 8 rings (SSSR count). The molecule has 0 aliphatic carbocycles. The van der Waals surface area contributed by atoms with Crippen LogP contribution in [0.5, 0.6) is 0 Å². The van der Waals surface area contributed by atoms with Crippen LogP contribution >= 0.6 is 0 Å². The van der Waals surface area contributed by atoms with Gasteiger partial charge in [-0.1, -0.05) is 133 Å². The lowest BCUT2D eigenvalue weighted by atomic mass is 9.61. The molecule has 7 heteroatoms. The minimum atomic E-state index is -0.573. The van der Waals surface area contributed by atoms with Gasteiger partial charge in [-0.25, -0.2) is 0 Å². The minimum absolute atomic E-state index is 0.543. The smallest absolute Gasteiger partial charge is 0.445 e. The fraction of sp³-hybridized carbons (Fsp3) is 0. The van der Waals surface area contributed by atoms with Gasteiger partial charge >= 0.3 is 21.4 Å². The van der Waals surface area contributed by atoms with Gasteiger partial charge in [0, 0.05) is 16.5 Å². The molecule has 0 bridgehead atoms. The van der Waals surface area contributed by atoms with Crippen LogP contribution < -0.4 is 16.4 Å². The molecule has 4 nitrogen and oxygen atoms in total. The van der Waals surface area contributed by atoms with Crippen LogP contribution in [0.2, 0.25) is 0 Å². The number of rotatable bonds is 5. The van der Waals surface area contributed by atoms with Gasteiger partial charge in [-0.3, -0.25) is 0 Å². The van der Waals surface area contributed by atoms with E-state index in [4.69, 9.17) is 13.7 Å². The predicted octanol–water partition coefficient (Wildman–Crippen LogP) is 6.00. The van der Waals surface area contributed by atoms with E-state index in [2.05, 4.69) is 102 Å². The highest BCUT2D eigenvalue weighted by Gasteiger charge is 2.43. The zero-order chi connectivity index (χ0) is 28.6. The summed E-state index contributed by atoms with van der Waals surface area (Å²) in [4.78, 5) is 0. The summed E-state index contributed by atoms with van der Waals surface area (Å²) in [6.07, 6.45) is 0. The summed E-state index contributed by atoms with van der Waals surface area (Å²) in [6, 6.07) is 54.4. The Balaban J connectivity index is 1.08. The average molecular weight is 553 g/mol. The topological polar surface area (TPSA) is 32.6 Å². The fourth-order valence-corrected chi connectivity index (χ4v) is 5.96. The summed E-state index contributed by atoms with van der Waals surface area (Å²) in [5, 5.41) is 2.53. The highest BCUT2D eigenvalue weighted by atomic mass is 16.7. The van der Waals surface area contributed by atoms with Crippen molar-refractivity contribution in [3.05, 3.63) is 158 Å². The third-order valence-corrected chi connectivity index (χ3v) is 8.11. The standard InChI is InChI=1S/C36H26B3NO3/c1-3-11-29(12-4-1)37-41-38(30-13-5-2-6-14-30)43-39(42-37)31-23-19-27(20-24-31)28-21-25-32(26-22-28)40-35-17-9-7-15-33(35)34-16-8-10-18-36(34)40/h1-26H. The normalized spacial score (nSPS) is 13.6. The molecule has 2 heterocycles. The van der Waals surface area contributed by atoms with Gasteiger partial charge in [0.05, 0.1) is 11.0 Å². The number of para-hydroxylation sites is 2. The van der Waals surface area contributed by atoms with Gasteiger partial charge in [-0.05, 0) is 51.8 Å². The summed E-state index contributed by atoms with van der Waals surface area (Å²) in [5.74, 6) is 0. The average Bonchev–Trinajstić information content (AvgIpc) is 3.43. The molecule has 43 heavy (non-hydrogen) atoms. The third-order valence-electron chi connectivity index (χ3n) is 8.11. The molecule has 0 saturated carbocycles. The van der Waals surface area contributed by atoms with Gasteiger partial charge in [0.25, 0.3) is 0 Å². The van der Waals surface area contributed by atoms with Crippen molar-refractivity contribution >= 4 is 59.5 Å². The Morgan fingerprint density at radius 1 is 0.349 bits per heavy atom. The number of benzene rings is 6. The molecule has 1 aliphatic rings. The molecule has 1 aliphatic heterocycles. The first kappa shape index (κ1) is 25.9. The molecular formula is C36H26B3NO3. The van der Waals surface area contributed by atoms with Crippen LogP contribution in [0.25, 0.3) is 38.6 Å². The first-order chi connectivity index (χ1) is 21.3. The maximum Gasteiger partial charge on any atom is 0.467 e. The molecule has 7 aromatic rings. The van der Waals surface area contributed by atoms with E-state index >= 15 is 0 Å². The molecule has 0 atom stereocenters. The van der Waals surface area contributed by atoms with Gasteiger partial charge < -0.3 is 18.3 Å². The van der Waals surface area contributed by atoms with Crippen molar-refractivity contribution in [2.75, 3.05) is 0 Å². The lowest BCUT2D eigenvalue weighted by molar-refractivity contribution is 0.308. The highest BCUT2D eigenvalue weighted by molar-refractivity contribution is 6.87. The van der Waals surface area contributed by atoms with Crippen LogP contribution in [-0.4, -0.2) is 25.9 Å². The maximum absolute atomic E-state index is 6.34. The summed E-state index contributed by atoms with van der Waals surface area (Å²) in [7, 11) is -1.66. The molecule has 0 unspecified atom stereocenters. The number of aromatic nitrogens is 1. The van der Waals surface area contributed by atoms with Gasteiger partial charge in [0.2, 0.25) is 0 Å². The Hall–Kier alpha value is -4.81. The van der Waals surface area contributed by atoms with Crippen LogP contribution in [0, 0.1) is 0 Å². The van der Waals surface area contributed by atoms with Crippen LogP contribution in [0.4, 0.5) is 0 Å². The van der Waals surface area contributed by atoms with Gasteiger partial charge in [-0.15, -0.1) is 0 Å². The second-order valence-corrected chi connectivity index (χ2v) is 10.8. The van der Waals surface area contributed by atoms with E-state index in [9.17, 15) is 0 Å². The van der Waals surface area contributed by atoms with Gasteiger partial charge in [0.15, 0.2) is 0 Å². The molecule has 0 amide bonds. The van der Waals surface area contributed by atoms with Crippen LogP contribution in [0.3, 0.4) is 0 Å². The zero-order valence-electron chi connectivity index (χ0n) is 23.4. The van der Waals surface area contributed by atoms with E-state index in [-0.39, 0.29) is 0 Å². The monoisotopic (exact) mass is 553 g/mol. The zero-order valence-corrected chi connectivity index (χ0v) is 23.4. The Kier molecular flexibility index (Phi) is 6.69. The maximum atomic E-state index is 6.34. The largest absolute Gasteiger partial charge is 0.467 e. The third kappa shape index (κ3) is 4.88. The summed E-state index contributed by atoms with van der Waals surface area (Å²) in [5.41, 5.74) is 8.68. The lowest BCUT2D eigenvalue weighted by Crippen LogP contribution is -2.61. The molecule has 202 valence electrons. The van der Waals surface area contributed by atoms with Crippen LogP contribution in [-0.2, 0) is 13.7 Å². The van der Waals surface area contributed by atoms with Crippen molar-refractivity contribution in [2.45, 2.75) is 0 Å². The van der Waals surface area contributed by atoms with Gasteiger partial charge in [0.1, 0.15) is 0 Å². The molecule has 0 spiro atoms. The summed E-state index contributed by atoms with van der Waals surface area (Å²) < 4.78 is 21.3. The molecule has 0 radical (unpaired) electrons. The summed E-state index contributed by atoms with van der Waals surface area (Å²) in [6.45, 7) is 0.